The lowest BCUT2D eigenvalue weighted by atomic mass is 10.0. The van der Waals surface area contributed by atoms with Crippen LogP contribution in [0, 0.1) is 0 Å². The number of rotatable bonds is 3. The predicted molar refractivity (Wildman–Crippen MR) is 103 cm³/mol. The van der Waals surface area contributed by atoms with E-state index in [0.29, 0.717) is 29.7 Å². The molecular weight excluding hydrogens is 405 g/mol. The summed E-state index contributed by atoms with van der Waals surface area (Å²) in [4.78, 5) is 11.4. The lowest BCUT2D eigenvalue weighted by Crippen LogP contribution is -2.33. The molecule has 0 saturated heterocycles. The first-order chi connectivity index (χ1) is 13.6. The molecule has 0 fully saturated rings. The number of benzene rings is 1. The lowest BCUT2D eigenvalue weighted by molar-refractivity contribution is -0.137. The molecule has 152 valence electrons. The van der Waals surface area contributed by atoms with Gasteiger partial charge in [0.2, 0.25) is 10.0 Å². The van der Waals surface area contributed by atoms with Crippen molar-refractivity contribution in [3.8, 4) is 11.3 Å². The lowest BCUT2D eigenvalue weighted by Gasteiger charge is -2.23. The molecule has 4 rings (SSSR count). The zero-order chi connectivity index (χ0) is 20.8. The quantitative estimate of drug-likeness (QED) is 0.698. The maximum atomic E-state index is 13.4. The van der Waals surface area contributed by atoms with Gasteiger partial charge in [-0.1, -0.05) is 24.3 Å². The number of alkyl halides is 3. The third-order valence-electron chi connectivity index (χ3n) is 4.90. The molecule has 6 nitrogen and oxygen atoms in total. The van der Waals surface area contributed by atoms with Gasteiger partial charge in [0.25, 0.3) is 0 Å². The van der Waals surface area contributed by atoms with E-state index in [1.807, 2.05) is 0 Å². The highest BCUT2D eigenvalue weighted by Gasteiger charge is 2.34. The third-order valence-corrected chi connectivity index (χ3v) is 6.17. The highest BCUT2D eigenvalue weighted by molar-refractivity contribution is 7.88. The van der Waals surface area contributed by atoms with E-state index in [2.05, 4.69) is 15.0 Å². The van der Waals surface area contributed by atoms with Gasteiger partial charge in [0.1, 0.15) is 12.0 Å². The van der Waals surface area contributed by atoms with Crippen LogP contribution < -0.4 is 0 Å². The molecule has 3 heterocycles. The molecular formula is C19H17F3N4O2S. The van der Waals surface area contributed by atoms with Crippen molar-refractivity contribution in [1.29, 1.82) is 0 Å². The van der Waals surface area contributed by atoms with Crippen molar-refractivity contribution in [2.24, 2.45) is 0 Å². The Labute approximate surface area is 165 Å². The fourth-order valence-corrected chi connectivity index (χ4v) is 4.23. The predicted octanol–water partition coefficient (Wildman–Crippen LogP) is 3.69. The summed E-state index contributed by atoms with van der Waals surface area (Å²) >= 11 is 0. The molecule has 1 aromatic carbocycles. The van der Waals surface area contributed by atoms with Gasteiger partial charge in [0.05, 0.1) is 17.5 Å². The van der Waals surface area contributed by atoms with E-state index >= 15 is 0 Å². The number of hydrogen-bond donors (Lipinski definition) is 1. The number of nitrogens with one attached hydrogen (secondary N) is 1. The minimum atomic E-state index is -4.51. The first kappa shape index (κ1) is 19.6. The summed E-state index contributed by atoms with van der Waals surface area (Å²) in [5.41, 5.74) is 1.42. The van der Waals surface area contributed by atoms with Gasteiger partial charge in [-0.2, -0.15) is 17.5 Å². The first-order valence-corrected chi connectivity index (χ1v) is 10.6. The summed E-state index contributed by atoms with van der Waals surface area (Å²) in [6.07, 6.45) is 0.169. The second-order valence-electron chi connectivity index (χ2n) is 6.81. The number of fused-ring (bicyclic) bond motifs is 1. The molecule has 1 aliphatic rings. The largest absolute Gasteiger partial charge is 0.417 e. The zero-order valence-corrected chi connectivity index (χ0v) is 16.2. The van der Waals surface area contributed by atoms with E-state index in [4.69, 9.17) is 0 Å². The Morgan fingerprint density at radius 2 is 1.93 bits per heavy atom. The van der Waals surface area contributed by atoms with Crippen LogP contribution in [0.3, 0.4) is 0 Å². The number of hydrogen-bond acceptors (Lipinski definition) is 4. The molecule has 0 amide bonds. The molecule has 3 aromatic rings. The van der Waals surface area contributed by atoms with Gasteiger partial charge in [0, 0.05) is 29.7 Å². The van der Waals surface area contributed by atoms with Crippen LogP contribution in [-0.2, 0) is 16.2 Å². The van der Waals surface area contributed by atoms with Crippen LogP contribution in [0.25, 0.3) is 27.9 Å². The summed E-state index contributed by atoms with van der Waals surface area (Å²) < 4.78 is 65.0. The van der Waals surface area contributed by atoms with Gasteiger partial charge in [-0.25, -0.2) is 18.4 Å². The van der Waals surface area contributed by atoms with Crippen molar-refractivity contribution < 1.29 is 21.6 Å². The number of halogens is 3. The summed E-state index contributed by atoms with van der Waals surface area (Å²) in [5.74, 6) is 0. The molecule has 0 aliphatic carbocycles. The van der Waals surface area contributed by atoms with Crippen LogP contribution in [-0.4, -0.2) is 47.0 Å². The smallest absolute Gasteiger partial charge is 0.339 e. The monoisotopic (exact) mass is 422 g/mol. The fraction of sp³-hybridized carbons (Fsp3) is 0.263. The molecule has 0 radical (unpaired) electrons. The third kappa shape index (κ3) is 3.77. The molecule has 1 aliphatic heterocycles. The van der Waals surface area contributed by atoms with Crippen LogP contribution in [0.2, 0.25) is 0 Å². The van der Waals surface area contributed by atoms with Crippen molar-refractivity contribution in [2.45, 2.75) is 12.6 Å². The molecule has 0 atom stereocenters. The molecule has 1 N–H and O–H groups in total. The standard InChI is InChI=1S/C19H17F3N4O2S/c1-29(27,28)26-8-6-12(7-9-26)16-10-14-17(23-11-24-18(14)25-16)13-4-2-3-5-15(13)19(20,21)22/h2-6,10-11H,7-9H2,1H3,(H,23,24,25). The van der Waals surface area contributed by atoms with E-state index in [9.17, 15) is 21.6 Å². The Morgan fingerprint density at radius 3 is 2.59 bits per heavy atom. The highest BCUT2D eigenvalue weighted by Crippen LogP contribution is 2.38. The van der Waals surface area contributed by atoms with Gasteiger partial charge in [-0.3, -0.25) is 0 Å². The molecule has 0 saturated carbocycles. The normalized spacial score (nSPS) is 16.2. The van der Waals surface area contributed by atoms with Gasteiger partial charge >= 0.3 is 6.18 Å². The Kier molecular flexibility index (Phi) is 4.70. The Bertz CT molecular complexity index is 1220. The van der Waals surface area contributed by atoms with Crippen LogP contribution >= 0.6 is 0 Å². The maximum absolute atomic E-state index is 13.4. The van der Waals surface area contributed by atoms with E-state index in [1.54, 1.807) is 12.1 Å². The second-order valence-corrected chi connectivity index (χ2v) is 8.79. The van der Waals surface area contributed by atoms with E-state index < -0.39 is 21.8 Å². The highest BCUT2D eigenvalue weighted by atomic mass is 32.2. The van der Waals surface area contributed by atoms with Crippen molar-refractivity contribution in [1.82, 2.24) is 19.3 Å². The van der Waals surface area contributed by atoms with Gasteiger partial charge in [-0.15, -0.1) is 0 Å². The maximum Gasteiger partial charge on any atom is 0.417 e. The van der Waals surface area contributed by atoms with E-state index in [-0.39, 0.29) is 17.8 Å². The second kappa shape index (κ2) is 6.96. The van der Waals surface area contributed by atoms with Crippen LogP contribution in [0.5, 0.6) is 0 Å². The van der Waals surface area contributed by atoms with E-state index in [0.717, 1.165) is 17.9 Å². The Hall–Kier alpha value is -2.72. The average Bonchev–Trinajstić information content (AvgIpc) is 3.11. The Balaban J connectivity index is 1.78. The van der Waals surface area contributed by atoms with Gasteiger partial charge in [-0.05, 0) is 24.1 Å². The molecule has 0 bridgehead atoms. The van der Waals surface area contributed by atoms with Gasteiger partial charge in [0.15, 0.2) is 0 Å². The van der Waals surface area contributed by atoms with Crippen LogP contribution in [0.15, 0.2) is 42.7 Å². The Morgan fingerprint density at radius 1 is 1.17 bits per heavy atom. The summed E-state index contributed by atoms with van der Waals surface area (Å²) in [7, 11) is -3.27. The SMILES string of the molecule is CS(=O)(=O)N1CC=C(c2cc3c(-c4ccccc4C(F)(F)F)ncnc3[nH]2)CC1. The summed E-state index contributed by atoms with van der Waals surface area (Å²) in [6.45, 7) is 0.592. The number of H-pyrrole nitrogens is 1. The molecule has 0 spiro atoms. The van der Waals surface area contributed by atoms with Gasteiger partial charge < -0.3 is 4.98 Å². The zero-order valence-electron chi connectivity index (χ0n) is 15.4. The first-order valence-electron chi connectivity index (χ1n) is 8.79. The topological polar surface area (TPSA) is 79.0 Å². The number of aromatic nitrogens is 3. The number of aromatic amines is 1. The van der Waals surface area contributed by atoms with Crippen LogP contribution in [0.1, 0.15) is 17.7 Å². The molecule has 29 heavy (non-hydrogen) atoms. The summed E-state index contributed by atoms with van der Waals surface area (Å²) in [6, 6.07) is 7.02. The van der Waals surface area contributed by atoms with Crippen molar-refractivity contribution in [3.05, 3.63) is 54.0 Å². The molecule has 2 aromatic heterocycles. The van der Waals surface area contributed by atoms with Crippen LogP contribution in [0.4, 0.5) is 13.2 Å². The molecule has 0 unspecified atom stereocenters. The number of sulfonamides is 1. The molecule has 10 heteroatoms. The van der Waals surface area contributed by atoms with Crippen molar-refractivity contribution in [3.63, 3.8) is 0 Å². The minimum Gasteiger partial charge on any atom is -0.339 e. The van der Waals surface area contributed by atoms with Crippen molar-refractivity contribution >= 4 is 26.6 Å². The number of nitrogens with zero attached hydrogens (tertiary/aromatic N) is 3. The fourth-order valence-electron chi connectivity index (χ4n) is 3.46. The minimum absolute atomic E-state index is 0.0150. The van der Waals surface area contributed by atoms with Crippen molar-refractivity contribution in [2.75, 3.05) is 19.3 Å². The average molecular weight is 422 g/mol. The van der Waals surface area contributed by atoms with E-state index in [1.165, 1.54) is 28.8 Å². The summed E-state index contributed by atoms with van der Waals surface area (Å²) in [5, 5.41) is 0.477.